The standard InChI is InChI=1S/C16H17N7O2.ClH/c1-22-9-18-23(16(22)25)11-4-2-10(3-5-11)19-15(24)14-12-8-17-7-6-13(12)20-21-14;/h2-5,9,17H,6-8H2,1H3,(H,19,24)(H,20,21);1H. The Balaban J connectivity index is 0.00000196. The molecule has 0 fully saturated rings. The lowest BCUT2D eigenvalue weighted by molar-refractivity contribution is 0.102. The quantitative estimate of drug-likeness (QED) is 0.621. The summed E-state index contributed by atoms with van der Waals surface area (Å²) in [5, 5.41) is 17.2. The molecule has 1 aliphatic rings. The first-order chi connectivity index (χ1) is 12.1. The lowest BCUT2D eigenvalue weighted by Crippen LogP contribution is -2.25. The Kier molecular flexibility index (Phi) is 4.92. The molecule has 136 valence electrons. The van der Waals surface area contributed by atoms with Gasteiger partial charge in [0.1, 0.15) is 6.33 Å². The summed E-state index contributed by atoms with van der Waals surface area (Å²) in [6.45, 7) is 1.51. The van der Waals surface area contributed by atoms with Crippen LogP contribution in [-0.4, -0.2) is 37.0 Å². The SMILES string of the molecule is Cl.Cn1cnn(-c2ccc(NC(=O)c3n[nH]c4c3CNCC4)cc2)c1=O. The second kappa shape index (κ2) is 7.14. The normalized spacial score (nSPS) is 13.0. The van der Waals surface area contributed by atoms with Crippen molar-refractivity contribution in [2.45, 2.75) is 13.0 Å². The number of nitrogens with one attached hydrogen (secondary N) is 3. The number of fused-ring (bicyclic) bond motifs is 1. The molecular formula is C16H18ClN7O2. The highest BCUT2D eigenvalue weighted by molar-refractivity contribution is 6.04. The second-order valence-corrected chi connectivity index (χ2v) is 5.89. The van der Waals surface area contributed by atoms with E-state index in [9.17, 15) is 9.59 Å². The monoisotopic (exact) mass is 375 g/mol. The Morgan fingerprint density at radius 3 is 2.73 bits per heavy atom. The van der Waals surface area contributed by atoms with Crippen molar-refractivity contribution in [2.24, 2.45) is 7.05 Å². The van der Waals surface area contributed by atoms with Crippen LogP contribution in [0.25, 0.3) is 5.69 Å². The van der Waals surface area contributed by atoms with E-state index in [2.05, 4.69) is 25.9 Å². The van der Waals surface area contributed by atoms with Gasteiger partial charge in [0.05, 0.1) is 5.69 Å². The summed E-state index contributed by atoms with van der Waals surface area (Å²) in [6, 6.07) is 6.91. The molecule has 26 heavy (non-hydrogen) atoms. The van der Waals surface area contributed by atoms with Crippen LogP contribution >= 0.6 is 12.4 Å². The summed E-state index contributed by atoms with van der Waals surface area (Å²) in [7, 11) is 1.64. The van der Waals surface area contributed by atoms with Crippen molar-refractivity contribution in [3.63, 3.8) is 0 Å². The maximum absolute atomic E-state index is 12.5. The molecule has 9 nitrogen and oxygen atoms in total. The number of H-pyrrole nitrogens is 1. The number of nitrogens with zero attached hydrogens (tertiary/aromatic N) is 4. The Morgan fingerprint density at radius 1 is 1.27 bits per heavy atom. The summed E-state index contributed by atoms with van der Waals surface area (Å²) < 4.78 is 2.69. The number of halogens is 1. The zero-order valence-electron chi connectivity index (χ0n) is 14.0. The first kappa shape index (κ1) is 17.9. The second-order valence-electron chi connectivity index (χ2n) is 5.89. The minimum absolute atomic E-state index is 0. The fraction of sp³-hybridized carbons (Fsp3) is 0.250. The van der Waals surface area contributed by atoms with E-state index in [1.165, 1.54) is 15.6 Å². The van der Waals surface area contributed by atoms with Gasteiger partial charge in [-0.15, -0.1) is 12.4 Å². The largest absolute Gasteiger partial charge is 0.350 e. The zero-order valence-corrected chi connectivity index (χ0v) is 14.8. The van der Waals surface area contributed by atoms with Crippen molar-refractivity contribution in [1.29, 1.82) is 0 Å². The molecule has 3 N–H and O–H groups in total. The first-order valence-corrected chi connectivity index (χ1v) is 7.93. The summed E-state index contributed by atoms with van der Waals surface area (Å²) in [5.41, 5.74) is 3.36. The summed E-state index contributed by atoms with van der Waals surface area (Å²) >= 11 is 0. The number of rotatable bonds is 3. The van der Waals surface area contributed by atoms with E-state index in [0.29, 0.717) is 23.6 Å². The Bertz CT molecular complexity index is 987. The van der Waals surface area contributed by atoms with Crippen LogP contribution in [0.2, 0.25) is 0 Å². The van der Waals surface area contributed by atoms with E-state index in [1.807, 2.05) is 0 Å². The molecule has 1 aromatic carbocycles. The van der Waals surface area contributed by atoms with Gasteiger partial charge in [-0.1, -0.05) is 0 Å². The number of carbonyl (C=O) groups excluding carboxylic acids is 1. The van der Waals surface area contributed by atoms with Crippen LogP contribution in [-0.2, 0) is 20.0 Å². The van der Waals surface area contributed by atoms with Crippen molar-refractivity contribution in [3.05, 3.63) is 58.0 Å². The topological polar surface area (TPSA) is 110 Å². The third-order valence-corrected chi connectivity index (χ3v) is 4.21. The van der Waals surface area contributed by atoms with Gasteiger partial charge in [0.2, 0.25) is 0 Å². The van der Waals surface area contributed by atoms with Gasteiger partial charge >= 0.3 is 5.69 Å². The summed E-state index contributed by atoms with van der Waals surface area (Å²) in [6.07, 6.45) is 2.29. The van der Waals surface area contributed by atoms with Gasteiger partial charge in [0, 0.05) is 43.5 Å². The van der Waals surface area contributed by atoms with Gasteiger partial charge in [-0.25, -0.2) is 4.79 Å². The van der Waals surface area contributed by atoms with Crippen molar-refractivity contribution < 1.29 is 4.79 Å². The molecule has 0 radical (unpaired) electrons. The molecule has 3 aromatic rings. The highest BCUT2D eigenvalue weighted by Crippen LogP contribution is 2.18. The van der Waals surface area contributed by atoms with Gasteiger partial charge in [0.25, 0.3) is 5.91 Å². The van der Waals surface area contributed by atoms with Crippen molar-refractivity contribution in [1.82, 2.24) is 29.9 Å². The van der Waals surface area contributed by atoms with Crippen LogP contribution in [0.5, 0.6) is 0 Å². The highest BCUT2D eigenvalue weighted by Gasteiger charge is 2.21. The summed E-state index contributed by atoms with van der Waals surface area (Å²) in [5.74, 6) is -0.260. The molecule has 0 spiro atoms. The Hall–Kier alpha value is -2.91. The number of amides is 1. The fourth-order valence-corrected chi connectivity index (χ4v) is 2.84. The van der Waals surface area contributed by atoms with Gasteiger partial charge in [0.15, 0.2) is 5.69 Å². The minimum atomic E-state index is -0.260. The molecule has 0 unspecified atom stereocenters. The van der Waals surface area contributed by atoms with Gasteiger partial charge in [-0.05, 0) is 24.3 Å². The third kappa shape index (κ3) is 3.14. The average Bonchev–Trinajstić information content (AvgIpc) is 3.20. The van der Waals surface area contributed by atoms with Crippen molar-refractivity contribution >= 4 is 24.0 Å². The molecule has 3 heterocycles. The predicted octanol–water partition coefficient (Wildman–Crippen LogP) is 0.614. The van der Waals surface area contributed by atoms with Gasteiger partial charge < -0.3 is 10.6 Å². The minimum Gasteiger partial charge on any atom is -0.321 e. The molecule has 0 bridgehead atoms. The number of hydrogen-bond acceptors (Lipinski definition) is 5. The number of aryl methyl sites for hydroxylation is 1. The van der Waals surface area contributed by atoms with Gasteiger partial charge in [-0.3, -0.25) is 14.5 Å². The molecule has 4 rings (SSSR count). The van der Waals surface area contributed by atoms with E-state index in [1.54, 1.807) is 31.3 Å². The van der Waals surface area contributed by atoms with Crippen LogP contribution in [0.4, 0.5) is 5.69 Å². The van der Waals surface area contributed by atoms with E-state index in [4.69, 9.17) is 0 Å². The molecule has 10 heteroatoms. The number of hydrogen-bond donors (Lipinski definition) is 3. The summed E-state index contributed by atoms with van der Waals surface area (Å²) in [4.78, 5) is 24.4. The third-order valence-electron chi connectivity index (χ3n) is 4.21. The van der Waals surface area contributed by atoms with E-state index in [0.717, 1.165) is 24.2 Å². The van der Waals surface area contributed by atoms with E-state index < -0.39 is 0 Å². The Labute approximate surface area is 154 Å². The maximum atomic E-state index is 12.5. The number of carbonyl (C=O) groups is 1. The molecular weight excluding hydrogens is 358 g/mol. The van der Waals surface area contributed by atoms with E-state index >= 15 is 0 Å². The van der Waals surface area contributed by atoms with Crippen LogP contribution < -0.4 is 16.3 Å². The molecule has 2 aromatic heterocycles. The van der Waals surface area contributed by atoms with Crippen LogP contribution in [0, 0.1) is 0 Å². The molecule has 1 amide bonds. The maximum Gasteiger partial charge on any atom is 0.350 e. The molecule has 0 aliphatic carbocycles. The average molecular weight is 376 g/mol. The highest BCUT2D eigenvalue weighted by atomic mass is 35.5. The Morgan fingerprint density at radius 2 is 2.04 bits per heavy atom. The number of benzene rings is 1. The van der Waals surface area contributed by atoms with Crippen molar-refractivity contribution in [2.75, 3.05) is 11.9 Å². The zero-order chi connectivity index (χ0) is 17.4. The molecule has 0 saturated heterocycles. The number of aromatic amines is 1. The van der Waals surface area contributed by atoms with E-state index in [-0.39, 0.29) is 24.0 Å². The molecule has 0 saturated carbocycles. The van der Waals surface area contributed by atoms with Gasteiger partial charge in [-0.2, -0.15) is 14.9 Å². The smallest absolute Gasteiger partial charge is 0.321 e. The lowest BCUT2D eigenvalue weighted by Gasteiger charge is -2.13. The van der Waals surface area contributed by atoms with Crippen LogP contribution in [0.1, 0.15) is 21.7 Å². The molecule has 1 aliphatic heterocycles. The fourth-order valence-electron chi connectivity index (χ4n) is 2.84. The lowest BCUT2D eigenvalue weighted by atomic mass is 10.1. The van der Waals surface area contributed by atoms with Crippen LogP contribution in [0.3, 0.4) is 0 Å². The molecule has 0 atom stereocenters. The first-order valence-electron chi connectivity index (χ1n) is 7.93. The van der Waals surface area contributed by atoms with Crippen LogP contribution in [0.15, 0.2) is 35.4 Å². The predicted molar refractivity (Wildman–Crippen MR) is 98.0 cm³/mol. The van der Waals surface area contributed by atoms with Crippen molar-refractivity contribution in [3.8, 4) is 5.69 Å². The number of anilines is 1. The number of aromatic nitrogens is 5.